The molecule has 0 spiro atoms. The van der Waals surface area contributed by atoms with Gasteiger partial charge in [0, 0.05) is 11.4 Å². The van der Waals surface area contributed by atoms with Crippen molar-refractivity contribution < 1.29 is 32.6 Å². The van der Waals surface area contributed by atoms with Crippen molar-refractivity contribution in [3.05, 3.63) is 28.0 Å². The van der Waals surface area contributed by atoms with Gasteiger partial charge < -0.3 is 15.6 Å². The van der Waals surface area contributed by atoms with E-state index in [4.69, 9.17) is 15.6 Å². The first-order valence-corrected chi connectivity index (χ1v) is 5.89. The molecular formula is C11H12F3NO4S. The van der Waals surface area contributed by atoms with Gasteiger partial charge in [-0.05, 0) is 18.2 Å². The average Bonchev–Trinajstić information content (AvgIpc) is 2.83. The lowest BCUT2D eigenvalue weighted by Crippen LogP contribution is -2.21. The Balaban J connectivity index is 0.000000441. The minimum absolute atomic E-state index is 0.294. The minimum Gasteiger partial charge on any atom is -0.475 e. The number of nitrogens with two attached hydrogens (primary N) is 1. The molecule has 3 N–H and O–H groups in total. The monoisotopic (exact) mass is 311 g/mol. The van der Waals surface area contributed by atoms with Crippen molar-refractivity contribution in [1.29, 1.82) is 0 Å². The zero-order valence-corrected chi connectivity index (χ0v) is 11.1. The third-order valence-corrected chi connectivity index (χ3v) is 2.70. The number of rotatable bonds is 3. The van der Waals surface area contributed by atoms with Crippen LogP contribution < -0.4 is 5.73 Å². The van der Waals surface area contributed by atoms with Gasteiger partial charge in [0.15, 0.2) is 0 Å². The maximum atomic E-state index is 11.0. The quantitative estimate of drug-likeness (QED) is 0.835. The minimum atomic E-state index is -5.08. The second kappa shape index (κ2) is 8.33. The van der Waals surface area contributed by atoms with E-state index in [1.165, 1.54) is 18.4 Å². The maximum Gasteiger partial charge on any atom is 0.490 e. The Kier molecular flexibility index (Phi) is 7.55. The largest absolute Gasteiger partial charge is 0.490 e. The first-order valence-electron chi connectivity index (χ1n) is 5.07. The molecule has 0 aliphatic rings. The number of halogens is 3. The van der Waals surface area contributed by atoms with E-state index in [1.807, 2.05) is 18.2 Å². The van der Waals surface area contributed by atoms with E-state index in [1.54, 1.807) is 6.07 Å². The van der Waals surface area contributed by atoms with Crippen LogP contribution in [0.4, 0.5) is 13.2 Å². The topological polar surface area (TPSA) is 89.6 Å². The van der Waals surface area contributed by atoms with Crippen molar-refractivity contribution in [3.8, 4) is 0 Å². The molecule has 0 aliphatic heterocycles. The summed E-state index contributed by atoms with van der Waals surface area (Å²) >= 11 is 1.39. The molecule has 1 aromatic rings. The standard InChI is InChI=1S/C9H11NO2S.C2HF3O2/c1-12-9(11)8-5-4-7(13-8)3-2-6-10;3-2(4,5)1(6)7/h2-5H,6,10H2,1H3;(H,6,7)/b3-2+;. The van der Waals surface area contributed by atoms with E-state index >= 15 is 0 Å². The molecule has 0 aliphatic carbocycles. The molecule has 0 aromatic carbocycles. The lowest BCUT2D eigenvalue weighted by atomic mass is 10.4. The lowest BCUT2D eigenvalue weighted by molar-refractivity contribution is -0.192. The van der Waals surface area contributed by atoms with Gasteiger partial charge in [-0.15, -0.1) is 11.3 Å². The highest BCUT2D eigenvalue weighted by Gasteiger charge is 2.38. The summed E-state index contributed by atoms with van der Waals surface area (Å²) in [4.78, 5) is 21.6. The first kappa shape index (κ1) is 18.1. The Bertz CT molecular complexity index is 482. The van der Waals surface area contributed by atoms with Gasteiger partial charge in [0.2, 0.25) is 0 Å². The molecule has 0 atom stereocenters. The molecular weight excluding hydrogens is 299 g/mol. The fourth-order valence-electron chi connectivity index (χ4n) is 0.837. The summed E-state index contributed by atoms with van der Waals surface area (Å²) in [6.45, 7) is 0.505. The van der Waals surface area contributed by atoms with Gasteiger partial charge in [-0.1, -0.05) is 6.08 Å². The van der Waals surface area contributed by atoms with Gasteiger partial charge in [0.05, 0.1) is 7.11 Å². The number of aliphatic carboxylic acids is 1. The van der Waals surface area contributed by atoms with Crippen molar-refractivity contribution >= 4 is 29.4 Å². The molecule has 5 nitrogen and oxygen atoms in total. The van der Waals surface area contributed by atoms with E-state index in [0.717, 1.165) is 4.88 Å². The zero-order chi connectivity index (χ0) is 15.8. The van der Waals surface area contributed by atoms with Crippen molar-refractivity contribution in [1.82, 2.24) is 0 Å². The summed E-state index contributed by atoms with van der Waals surface area (Å²) in [5, 5.41) is 7.12. The van der Waals surface area contributed by atoms with Crippen LogP contribution in [0.1, 0.15) is 14.5 Å². The smallest absolute Gasteiger partial charge is 0.475 e. The highest BCUT2D eigenvalue weighted by Crippen LogP contribution is 2.18. The summed E-state index contributed by atoms with van der Waals surface area (Å²) in [5.74, 6) is -3.05. The number of methoxy groups -OCH3 is 1. The fraction of sp³-hybridized carbons (Fsp3) is 0.273. The van der Waals surface area contributed by atoms with Crippen molar-refractivity contribution in [2.45, 2.75) is 6.18 Å². The van der Waals surface area contributed by atoms with E-state index in [0.29, 0.717) is 11.4 Å². The highest BCUT2D eigenvalue weighted by molar-refractivity contribution is 7.14. The second-order valence-corrected chi connectivity index (χ2v) is 4.25. The molecule has 0 bridgehead atoms. The van der Waals surface area contributed by atoms with Crippen LogP contribution in [-0.4, -0.2) is 36.9 Å². The molecule has 0 radical (unpaired) electrons. The number of thiophene rings is 1. The van der Waals surface area contributed by atoms with Crippen LogP contribution in [0, 0.1) is 0 Å². The van der Waals surface area contributed by atoms with Gasteiger partial charge in [-0.25, -0.2) is 9.59 Å². The molecule has 1 rings (SSSR count). The van der Waals surface area contributed by atoms with E-state index in [2.05, 4.69) is 4.74 Å². The predicted octanol–water partition coefficient (Wildman–Crippen LogP) is 2.14. The number of alkyl halides is 3. The maximum absolute atomic E-state index is 11.0. The Labute approximate surface area is 116 Å². The molecule has 1 aromatic heterocycles. The van der Waals surface area contributed by atoms with E-state index in [-0.39, 0.29) is 5.97 Å². The SMILES string of the molecule is COC(=O)c1ccc(/C=C/CN)s1.O=C(O)C(F)(F)F. The highest BCUT2D eigenvalue weighted by atomic mass is 32.1. The molecule has 0 unspecified atom stereocenters. The van der Waals surface area contributed by atoms with Crippen molar-refractivity contribution in [2.24, 2.45) is 5.73 Å². The lowest BCUT2D eigenvalue weighted by Gasteiger charge is -1.93. The second-order valence-electron chi connectivity index (χ2n) is 3.13. The summed E-state index contributed by atoms with van der Waals surface area (Å²) < 4.78 is 36.3. The van der Waals surface area contributed by atoms with Crippen molar-refractivity contribution in [2.75, 3.05) is 13.7 Å². The van der Waals surface area contributed by atoms with Crippen LogP contribution in [0.25, 0.3) is 6.08 Å². The molecule has 0 fully saturated rings. The zero-order valence-electron chi connectivity index (χ0n) is 10.3. The molecule has 1 heterocycles. The average molecular weight is 311 g/mol. The Morgan fingerprint density at radius 2 is 2.00 bits per heavy atom. The third-order valence-electron chi connectivity index (χ3n) is 1.67. The number of hydrogen-bond acceptors (Lipinski definition) is 5. The van der Waals surface area contributed by atoms with Crippen molar-refractivity contribution in [3.63, 3.8) is 0 Å². The number of hydrogen-bond donors (Lipinski definition) is 2. The van der Waals surface area contributed by atoms with Gasteiger partial charge >= 0.3 is 18.1 Å². The summed E-state index contributed by atoms with van der Waals surface area (Å²) in [5.41, 5.74) is 5.30. The van der Waals surface area contributed by atoms with Gasteiger partial charge in [-0.2, -0.15) is 13.2 Å². The van der Waals surface area contributed by atoms with Crippen LogP contribution in [0.2, 0.25) is 0 Å². The van der Waals surface area contributed by atoms with Crippen LogP contribution in [0.5, 0.6) is 0 Å². The number of esters is 1. The molecule has 20 heavy (non-hydrogen) atoms. The number of carboxylic acids is 1. The fourth-order valence-corrected chi connectivity index (χ4v) is 1.69. The van der Waals surface area contributed by atoms with E-state index < -0.39 is 12.1 Å². The predicted molar refractivity (Wildman–Crippen MR) is 67.4 cm³/mol. The molecule has 0 saturated heterocycles. The molecule has 112 valence electrons. The molecule has 9 heteroatoms. The van der Waals surface area contributed by atoms with Crippen LogP contribution >= 0.6 is 11.3 Å². The molecule has 0 saturated carbocycles. The number of carbonyl (C=O) groups excluding carboxylic acids is 1. The Morgan fingerprint density at radius 1 is 1.45 bits per heavy atom. The number of ether oxygens (including phenoxy) is 1. The third kappa shape index (κ3) is 6.90. The van der Waals surface area contributed by atoms with Crippen LogP contribution in [0.3, 0.4) is 0 Å². The number of carboxylic acid groups (broad SMARTS) is 1. The Hall–Kier alpha value is -1.87. The first-order chi connectivity index (χ1) is 9.22. The van der Waals surface area contributed by atoms with Gasteiger partial charge in [-0.3, -0.25) is 0 Å². The Morgan fingerprint density at radius 3 is 2.40 bits per heavy atom. The van der Waals surface area contributed by atoms with Crippen LogP contribution in [0.15, 0.2) is 18.2 Å². The number of carbonyl (C=O) groups is 2. The summed E-state index contributed by atoms with van der Waals surface area (Å²) in [6.07, 6.45) is -1.36. The molecule has 0 amide bonds. The normalized spacial score (nSPS) is 10.8. The van der Waals surface area contributed by atoms with Gasteiger partial charge in [0.1, 0.15) is 4.88 Å². The summed E-state index contributed by atoms with van der Waals surface area (Å²) in [7, 11) is 1.37. The summed E-state index contributed by atoms with van der Waals surface area (Å²) in [6, 6.07) is 3.61. The van der Waals surface area contributed by atoms with Gasteiger partial charge in [0.25, 0.3) is 0 Å². The van der Waals surface area contributed by atoms with E-state index in [9.17, 15) is 18.0 Å². The van der Waals surface area contributed by atoms with Crippen LogP contribution in [-0.2, 0) is 9.53 Å².